The van der Waals surface area contributed by atoms with Crippen LogP contribution in [0.3, 0.4) is 0 Å². The van der Waals surface area contributed by atoms with Crippen molar-refractivity contribution in [1.29, 1.82) is 0 Å². The van der Waals surface area contributed by atoms with Crippen LogP contribution in [-0.4, -0.2) is 17.7 Å². The molecule has 0 aliphatic heterocycles. The summed E-state index contributed by atoms with van der Waals surface area (Å²) < 4.78 is 0.967. The molecule has 7 heavy (non-hydrogen) atoms. The number of nitrogens with zero attached hydrogens (tertiary/aromatic N) is 1. The lowest BCUT2D eigenvalue weighted by Gasteiger charge is -1.83. The molecule has 0 heterocycles. The number of aliphatic imine (C=N–C) groups is 1. The smallest absolute Gasteiger partial charge is 0.0277 e. The normalized spacial score (nSPS) is 10.0. The van der Waals surface area contributed by atoms with E-state index in [9.17, 15) is 0 Å². The highest BCUT2D eigenvalue weighted by Gasteiger charge is 1.78. The van der Waals surface area contributed by atoms with E-state index in [0.717, 1.165) is 10.0 Å². The summed E-state index contributed by atoms with van der Waals surface area (Å²) in [6, 6.07) is 0. The highest BCUT2D eigenvalue weighted by Crippen LogP contribution is 1.90. The number of rotatable bonds is 2. The summed E-state index contributed by atoms with van der Waals surface area (Å²) in [4.78, 5) is 3.78. The van der Waals surface area contributed by atoms with Gasteiger partial charge in [0, 0.05) is 17.7 Å². The van der Waals surface area contributed by atoms with Crippen LogP contribution in [0.1, 0.15) is 0 Å². The topological polar surface area (TPSA) is 12.4 Å². The van der Waals surface area contributed by atoms with Crippen molar-refractivity contribution < 1.29 is 0 Å². The maximum atomic E-state index is 3.78. The quantitative estimate of drug-likeness (QED) is 0.372. The van der Waals surface area contributed by atoms with Crippen molar-refractivity contribution in [2.45, 2.75) is 0 Å². The van der Waals surface area contributed by atoms with Crippen molar-refractivity contribution in [3.63, 3.8) is 0 Å². The lowest BCUT2D eigenvalue weighted by molar-refractivity contribution is 1.46. The second kappa shape index (κ2) is 4.30. The molecule has 0 bridgehead atoms. The molecule has 0 N–H and O–H groups in total. The van der Waals surface area contributed by atoms with Crippen molar-refractivity contribution in [2.24, 2.45) is 4.99 Å². The van der Waals surface area contributed by atoms with Crippen molar-refractivity contribution in [3.8, 4) is 0 Å². The molecule has 0 fully saturated rings. The number of halogens is 1. The second-order valence-corrected chi connectivity index (χ2v) is 1.94. The zero-order valence-corrected chi connectivity index (χ0v) is 6.47. The second-order valence-electron chi connectivity index (χ2n) is 1.18. The Hall–Kier alpha value is 0.140. The summed E-state index contributed by atoms with van der Waals surface area (Å²) in [5.41, 5.74) is 1.07. The molecule has 0 saturated heterocycles. The Morgan fingerprint density at radius 1 is 2.00 bits per heavy atom. The van der Waals surface area contributed by atoms with Crippen LogP contribution in [0.5, 0.6) is 0 Å². The van der Waals surface area contributed by atoms with E-state index < -0.39 is 0 Å². The molecule has 0 aromatic rings. The number of alkyl halides is 1. The van der Waals surface area contributed by atoms with Crippen LogP contribution < -0.4 is 0 Å². The van der Waals surface area contributed by atoms with Gasteiger partial charge in [-0.2, -0.15) is 0 Å². The third kappa shape index (κ3) is 3.98. The van der Waals surface area contributed by atoms with Crippen LogP contribution in [0.4, 0.5) is 0 Å². The molecular weight excluding hydrogens is 201 g/mol. The molecule has 0 amide bonds. The molecule has 0 spiro atoms. The summed E-state index contributed by atoms with van der Waals surface area (Å²) in [6.07, 6.45) is 1.77. The van der Waals surface area contributed by atoms with E-state index in [0.29, 0.717) is 0 Å². The predicted molar refractivity (Wildman–Crippen MR) is 42.4 cm³/mol. The fourth-order valence-electron chi connectivity index (χ4n) is 0.217. The summed E-state index contributed by atoms with van der Waals surface area (Å²) >= 11 is 2.25. The minimum atomic E-state index is 0.967. The molecule has 0 aromatic carbocycles. The van der Waals surface area contributed by atoms with Gasteiger partial charge in [-0.3, -0.25) is 4.99 Å². The van der Waals surface area contributed by atoms with E-state index >= 15 is 0 Å². The summed E-state index contributed by atoms with van der Waals surface area (Å²) in [5, 5.41) is 0. The zero-order valence-electron chi connectivity index (χ0n) is 4.32. The number of allylic oxidation sites excluding steroid dienone is 1. The minimum Gasteiger partial charge on any atom is -0.296 e. The van der Waals surface area contributed by atoms with E-state index in [-0.39, 0.29) is 0 Å². The fraction of sp³-hybridized carbons (Fsp3) is 0.400. The van der Waals surface area contributed by atoms with Gasteiger partial charge in [-0.25, -0.2) is 0 Å². The van der Waals surface area contributed by atoms with Gasteiger partial charge in [0.15, 0.2) is 0 Å². The monoisotopic (exact) mass is 209 g/mol. The minimum absolute atomic E-state index is 0.967. The summed E-state index contributed by atoms with van der Waals surface area (Å²) in [7, 11) is 1.75. The van der Waals surface area contributed by atoms with Gasteiger partial charge in [0.1, 0.15) is 0 Å². The maximum Gasteiger partial charge on any atom is 0.0277 e. The highest BCUT2D eigenvalue weighted by atomic mass is 127. The van der Waals surface area contributed by atoms with Crippen LogP contribution >= 0.6 is 22.6 Å². The van der Waals surface area contributed by atoms with Gasteiger partial charge in [-0.05, 0) is 5.57 Å². The first kappa shape index (κ1) is 7.14. The Morgan fingerprint density at radius 2 is 2.57 bits per heavy atom. The molecule has 0 rings (SSSR count). The van der Waals surface area contributed by atoms with E-state index in [1.54, 1.807) is 13.3 Å². The lowest BCUT2D eigenvalue weighted by atomic mass is 10.4. The largest absolute Gasteiger partial charge is 0.296 e. The lowest BCUT2D eigenvalue weighted by Crippen LogP contribution is -1.79. The van der Waals surface area contributed by atoms with Crippen LogP contribution in [0.2, 0.25) is 0 Å². The maximum absolute atomic E-state index is 3.78. The van der Waals surface area contributed by atoms with E-state index in [2.05, 4.69) is 34.2 Å². The standard InChI is InChI=1S/C5H8IN/c1-5(3-6)4-7-2/h4H,1,3H2,2H3. The van der Waals surface area contributed by atoms with Gasteiger partial charge in [0.25, 0.3) is 0 Å². The first-order valence-corrected chi connectivity index (χ1v) is 3.49. The third-order valence-corrected chi connectivity index (χ3v) is 1.46. The Bertz CT molecular complexity index is 86.1. The van der Waals surface area contributed by atoms with Crippen LogP contribution in [-0.2, 0) is 0 Å². The molecule has 0 radical (unpaired) electrons. The molecule has 0 aliphatic rings. The van der Waals surface area contributed by atoms with Gasteiger partial charge in [-0.15, -0.1) is 0 Å². The average Bonchev–Trinajstić information content (AvgIpc) is 1.68. The Morgan fingerprint density at radius 3 is 2.71 bits per heavy atom. The molecule has 0 unspecified atom stereocenters. The molecule has 40 valence electrons. The number of hydrogen-bond donors (Lipinski definition) is 0. The summed E-state index contributed by atoms with van der Waals surface area (Å²) in [6.45, 7) is 3.71. The fourth-order valence-corrected chi connectivity index (χ4v) is 0.414. The van der Waals surface area contributed by atoms with Gasteiger partial charge >= 0.3 is 0 Å². The van der Waals surface area contributed by atoms with Crippen molar-refractivity contribution >= 4 is 28.8 Å². The first-order valence-electron chi connectivity index (χ1n) is 1.97. The molecule has 2 heteroatoms. The van der Waals surface area contributed by atoms with E-state index in [1.165, 1.54) is 0 Å². The first-order chi connectivity index (χ1) is 3.31. The van der Waals surface area contributed by atoms with E-state index in [4.69, 9.17) is 0 Å². The molecule has 0 aliphatic carbocycles. The van der Waals surface area contributed by atoms with Gasteiger partial charge in [-0.1, -0.05) is 29.2 Å². The predicted octanol–water partition coefficient (Wildman–Crippen LogP) is 1.68. The van der Waals surface area contributed by atoms with Crippen molar-refractivity contribution in [3.05, 3.63) is 12.2 Å². The molecule has 0 atom stereocenters. The highest BCUT2D eigenvalue weighted by molar-refractivity contribution is 14.1. The average molecular weight is 209 g/mol. The Balaban J connectivity index is 3.37. The third-order valence-electron chi connectivity index (χ3n) is 0.483. The van der Waals surface area contributed by atoms with Gasteiger partial charge in [0.05, 0.1) is 0 Å². The molecule has 1 nitrogen and oxygen atoms in total. The Labute approximate surface area is 57.7 Å². The van der Waals surface area contributed by atoms with Crippen LogP contribution in [0.15, 0.2) is 17.1 Å². The van der Waals surface area contributed by atoms with Gasteiger partial charge < -0.3 is 0 Å². The SMILES string of the molecule is C=C(C=NC)CI. The zero-order chi connectivity index (χ0) is 5.70. The van der Waals surface area contributed by atoms with Crippen LogP contribution in [0, 0.1) is 0 Å². The Kier molecular flexibility index (Phi) is 4.39. The van der Waals surface area contributed by atoms with Crippen molar-refractivity contribution in [1.82, 2.24) is 0 Å². The van der Waals surface area contributed by atoms with Crippen LogP contribution in [0.25, 0.3) is 0 Å². The van der Waals surface area contributed by atoms with E-state index in [1.807, 2.05) is 0 Å². The van der Waals surface area contributed by atoms with Gasteiger partial charge in [0.2, 0.25) is 0 Å². The van der Waals surface area contributed by atoms with Crippen molar-refractivity contribution in [2.75, 3.05) is 11.5 Å². The molecular formula is C5H8IN. The number of hydrogen-bond acceptors (Lipinski definition) is 1. The molecule has 0 aromatic heterocycles. The summed E-state index contributed by atoms with van der Waals surface area (Å²) in [5.74, 6) is 0. The molecule has 0 saturated carbocycles.